The van der Waals surface area contributed by atoms with E-state index in [9.17, 15) is 9.59 Å². The first-order valence-electron chi connectivity index (χ1n) is 10.7. The molecule has 2 aliphatic rings. The highest BCUT2D eigenvalue weighted by atomic mass is 16.2. The molecule has 1 aromatic carbocycles. The van der Waals surface area contributed by atoms with Crippen LogP contribution in [0.2, 0.25) is 0 Å². The van der Waals surface area contributed by atoms with Crippen molar-refractivity contribution in [2.75, 3.05) is 49.5 Å². The number of nitrogens with one attached hydrogen (secondary N) is 2. The summed E-state index contributed by atoms with van der Waals surface area (Å²) < 4.78 is 0. The number of hydrogen-bond acceptors (Lipinski definition) is 5. The Morgan fingerprint density at radius 2 is 1.65 bits per heavy atom. The Morgan fingerprint density at radius 3 is 2.45 bits per heavy atom. The summed E-state index contributed by atoms with van der Waals surface area (Å²) in [7, 11) is 0. The highest BCUT2D eigenvalue weighted by molar-refractivity contribution is 6.04. The number of aromatic amines is 1. The number of nitrogens with zero attached hydrogens (tertiary/aromatic N) is 5. The number of carbonyl (C=O) groups excluding carboxylic acids is 2. The number of para-hydroxylation sites is 1. The summed E-state index contributed by atoms with van der Waals surface area (Å²) in [4.78, 5) is 36.0. The van der Waals surface area contributed by atoms with E-state index in [1.54, 1.807) is 16.0 Å². The van der Waals surface area contributed by atoms with Crippen LogP contribution in [0.1, 0.15) is 23.3 Å². The normalized spacial score (nSPS) is 16.7. The second-order valence-electron chi connectivity index (χ2n) is 7.90. The van der Waals surface area contributed by atoms with Crippen LogP contribution in [-0.4, -0.2) is 76.2 Å². The smallest absolute Gasteiger partial charge is 0.322 e. The number of amides is 3. The SMILES string of the molecule is O=C(Nc1cccnc1N1CCCC1)N1CCN(C(=O)c2n[nH]c3ccccc23)CC1. The highest BCUT2D eigenvalue weighted by Gasteiger charge is 2.28. The van der Waals surface area contributed by atoms with E-state index < -0.39 is 0 Å². The zero-order valence-corrected chi connectivity index (χ0v) is 17.3. The van der Waals surface area contributed by atoms with Gasteiger partial charge in [-0.2, -0.15) is 5.10 Å². The molecule has 4 heterocycles. The number of urea groups is 1. The molecule has 2 aliphatic heterocycles. The molecule has 160 valence electrons. The highest BCUT2D eigenvalue weighted by Crippen LogP contribution is 2.26. The molecule has 0 spiro atoms. The van der Waals surface area contributed by atoms with E-state index in [2.05, 4.69) is 25.4 Å². The van der Waals surface area contributed by atoms with Crippen molar-refractivity contribution < 1.29 is 9.59 Å². The fourth-order valence-electron chi connectivity index (χ4n) is 4.26. The number of fused-ring (bicyclic) bond motifs is 1. The molecule has 2 N–H and O–H groups in total. The van der Waals surface area contributed by atoms with E-state index in [1.807, 2.05) is 36.4 Å². The maximum absolute atomic E-state index is 12.9. The van der Waals surface area contributed by atoms with Crippen LogP contribution >= 0.6 is 0 Å². The lowest BCUT2D eigenvalue weighted by Crippen LogP contribution is -2.51. The van der Waals surface area contributed by atoms with E-state index >= 15 is 0 Å². The molecule has 2 fully saturated rings. The van der Waals surface area contributed by atoms with Gasteiger partial charge in [-0.15, -0.1) is 0 Å². The maximum Gasteiger partial charge on any atom is 0.322 e. The lowest BCUT2D eigenvalue weighted by atomic mass is 10.2. The zero-order valence-electron chi connectivity index (χ0n) is 17.3. The van der Waals surface area contributed by atoms with E-state index in [0.29, 0.717) is 31.9 Å². The predicted molar refractivity (Wildman–Crippen MR) is 118 cm³/mol. The molecular formula is C22H25N7O2. The fourth-order valence-corrected chi connectivity index (χ4v) is 4.26. The molecule has 0 aliphatic carbocycles. The van der Waals surface area contributed by atoms with E-state index in [1.165, 1.54) is 0 Å². The van der Waals surface area contributed by atoms with Gasteiger partial charge in [0.25, 0.3) is 5.91 Å². The third-order valence-corrected chi connectivity index (χ3v) is 5.96. The van der Waals surface area contributed by atoms with Crippen molar-refractivity contribution in [3.05, 3.63) is 48.3 Å². The summed E-state index contributed by atoms with van der Waals surface area (Å²) in [6, 6.07) is 11.2. The minimum absolute atomic E-state index is 0.110. The molecule has 31 heavy (non-hydrogen) atoms. The molecule has 0 saturated carbocycles. The van der Waals surface area contributed by atoms with Crippen LogP contribution in [0.25, 0.3) is 10.9 Å². The van der Waals surface area contributed by atoms with Crippen LogP contribution < -0.4 is 10.2 Å². The van der Waals surface area contributed by atoms with Gasteiger partial charge in [0.2, 0.25) is 0 Å². The molecule has 0 atom stereocenters. The number of aromatic nitrogens is 3. The van der Waals surface area contributed by atoms with Crippen molar-refractivity contribution in [2.24, 2.45) is 0 Å². The molecule has 0 unspecified atom stereocenters. The van der Waals surface area contributed by atoms with Crippen molar-refractivity contribution >= 4 is 34.3 Å². The Morgan fingerprint density at radius 1 is 0.903 bits per heavy atom. The van der Waals surface area contributed by atoms with Gasteiger partial charge in [0.15, 0.2) is 11.5 Å². The average molecular weight is 419 g/mol. The third-order valence-electron chi connectivity index (χ3n) is 5.96. The molecule has 0 bridgehead atoms. The number of anilines is 2. The maximum atomic E-state index is 12.9. The lowest BCUT2D eigenvalue weighted by molar-refractivity contribution is 0.0667. The fraction of sp³-hybridized carbons (Fsp3) is 0.364. The first-order chi connectivity index (χ1) is 15.2. The van der Waals surface area contributed by atoms with Crippen molar-refractivity contribution in [1.82, 2.24) is 25.0 Å². The van der Waals surface area contributed by atoms with Gasteiger partial charge in [-0.25, -0.2) is 9.78 Å². The van der Waals surface area contributed by atoms with Crippen molar-refractivity contribution in [2.45, 2.75) is 12.8 Å². The summed E-state index contributed by atoms with van der Waals surface area (Å²) >= 11 is 0. The molecule has 5 rings (SSSR count). The third kappa shape index (κ3) is 3.78. The predicted octanol–water partition coefficient (Wildman–Crippen LogP) is 2.55. The number of H-pyrrole nitrogens is 1. The largest absolute Gasteiger partial charge is 0.355 e. The van der Waals surface area contributed by atoms with E-state index in [0.717, 1.165) is 48.3 Å². The van der Waals surface area contributed by atoms with Gasteiger partial charge in [0.1, 0.15) is 0 Å². The second-order valence-corrected chi connectivity index (χ2v) is 7.90. The molecule has 2 aromatic heterocycles. The van der Waals surface area contributed by atoms with Gasteiger partial charge in [0, 0.05) is 50.9 Å². The van der Waals surface area contributed by atoms with Crippen LogP contribution in [0.15, 0.2) is 42.6 Å². The summed E-state index contributed by atoms with van der Waals surface area (Å²) in [5.41, 5.74) is 2.00. The van der Waals surface area contributed by atoms with Crippen molar-refractivity contribution in [3.8, 4) is 0 Å². The number of carbonyl (C=O) groups is 2. The summed E-state index contributed by atoms with van der Waals surface area (Å²) in [6.07, 6.45) is 4.04. The molecule has 9 heteroatoms. The van der Waals surface area contributed by atoms with Crippen LogP contribution in [0.3, 0.4) is 0 Å². The Bertz CT molecular complexity index is 1100. The summed E-state index contributed by atoms with van der Waals surface area (Å²) in [6.45, 7) is 3.81. The Balaban J connectivity index is 1.22. The van der Waals surface area contributed by atoms with Crippen LogP contribution in [0.4, 0.5) is 16.3 Å². The molecule has 2 saturated heterocycles. The standard InChI is InChI=1S/C22H25N7O2/c30-21(19-16-6-1-2-7-17(16)25-26-19)28-12-14-29(15-13-28)22(31)24-18-8-5-9-23-20(18)27-10-3-4-11-27/h1-2,5-9H,3-4,10-15H2,(H,24,31)(H,25,26). The van der Waals surface area contributed by atoms with Crippen LogP contribution in [0, 0.1) is 0 Å². The Kier molecular flexibility index (Phi) is 5.15. The van der Waals surface area contributed by atoms with Gasteiger partial charge in [-0.05, 0) is 31.0 Å². The molecule has 3 amide bonds. The number of piperazine rings is 1. The number of pyridine rings is 1. The summed E-state index contributed by atoms with van der Waals surface area (Å²) in [5, 5.41) is 10.9. The first kappa shape index (κ1) is 19.3. The molecule has 0 radical (unpaired) electrons. The number of rotatable bonds is 3. The quantitative estimate of drug-likeness (QED) is 0.680. The topological polar surface area (TPSA) is 97.5 Å². The Hall–Kier alpha value is -3.62. The van der Waals surface area contributed by atoms with E-state index in [-0.39, 0.29) is 11.9 Å². The van der Waals surface area contributed by atoms with Gasteiger partial charge in [-0.3, -0.25) is 9.89 Å². The van der Waals surface area contributed by atoms with Gasteiger partial charge in [-0.1, -0.05) is 18.2 Å². The first-order valence-corrected chi connectivity index (χ1v) is 10.7. The molecule has 9 nitrogen and oxygen atoms in total. The van der Waals surface area contributed by atoms with Gasteiger partial charge < -0.3 is 20.0 Å². The van der Waals surface area contributed by atoms with Gasteiger partial charge >= 0.3 is 6.03 Å². The minimum Gasteiger partial charge on any atom is -0.355 e. The molecule has 3 aromatic rings. The monoisotopic (exact) mass is 419 g/mol. The van der Waals surface area contributed by atoms with Crippen molar-refractivity contribution in [3.63, 3.8) is 0 Å². The minimum atomic E-state index is -0.161. The molecular weight excluding hydrogens is 394 g/mol. The summed E-state index contributed by atoms with van der Waals surface area (Å²) in [5.74, 6) is 0.716. The lowest BCUT2D eigenvalue weighted by Gasteiger charge is -2.34. The van der Waals surface area contributed by atoms with Gasteiger partial charge in [0.05, 0.1) is 11.2 Å². The van der Waals surface area contributed by atoms with Crippen molar-refractivity contribution in [1.29, 1.82) is 0 Å². The average Bonchev–Trinajstić information content (AvgIpc) is 3.49. The number of hydrogen-bond donors (Lipinski definition) is 2. The van der Waals surface area contributed by atoms with Crippen LogP contribution in [-0.2, 0) is 0 Å². The zero-order chi connectivity index (χ0) is 21.2. The van der Waals surface area contributed by atoms with E-state index in [4.69, 9.17) is 0 Å². The second kappa shape index (κ2) is 8.25. The van der Waals surface area contributed by atoms with Crippen LogP contribution in [0.5, 0.6) is 0 Å². The Labute approximate surface area is 180 Å². The number of benzene rings is 1.